The molecule has 2 heterocycles. The van der Waals surface area contributed by atoms with Gasteiger partial charge in [0.1, 0.15) is 0 Å². The van der Waals surface area contributed by atoms with Crippen LogP contribution in [0.4, 0.5) is 0 Å². The van der Waals surface area contributed by atoms with Gasteiger partial charge in [0, 0.05) is 10.2 Å². The lowest BCUT2D eigenvalue weighted by molar-refractivity contribution is 0.0637. The first-order chi connectivity index (χ1) is 10.1. The highest BCUT2D eigenvalue weighted by atomic mass is 32.1. The van der Waals surface area contributed by atoms with Gasteiger partial charge in [0.25, 0.3) is 0 Å². The fourth-order valence-corrected chi connectivity index (χ4v) is 4.73. The number of likely N-dealkylation sites (tertiary alicyclic amines) is 1. The molecule has 1 fully saturated rings. The third-order valence-corrected chi connectivity index (χ3v) is 5.97. The molecule has 0 bridgehead atoms. The second-order valence-corrected chi connectivity index (χ2v) is 7.53. The smallest absolute Gasteiger partial charge is 0.0513 e. The van der Waals surface area contributed by atoms with E-state index in [1.807, 2.05) is 11.3 Å². The van der Waals surface area contributed by atoms with E-state index in [1.165, 1.54) is 48.0 Å². The Morgan fingerprint density at radius 1 is 1.14 bits per heavy atom. The molecule has 1 N–H and O–H groups in total. The molecule has 1 aromatic heterocycles. The maximum atomic E-state index is 3.60. The molecule has 21 heavy (non-hydrogen) atoms. The average molecular weight is 302 g/mol. The number of nitrogens with one attached hydrogen (secondary N) is 1. The third kappa shape index (κ3) is 2.75. The zero-order chi connectivity index (χ0) is 14.9. The summed E-state index contributed by atoms with van der Waals surface area (Å²) in [6.07, 6.45) is 4.06. The van der Waals surface area contributed by atoms with E-state index in [0.29, 0.717) is 6.04 Å². The number of hydrogen-bond acceptors (Lipinski definition) is 3. The lowest BCUT2D eigenvalue weighted by Gasteiger charge is -2.46. The van der Waals surface area contributed by atoms with Gasteiger partial charge in [-0.15, -0.1) is 11.3 Å². The topological polar surface area (TPSA) is 15.3 Å². The quantitative estimate of drug-likeness (QED) is 0.899. The lowest BCUT2D eigenvalue weighted by Crippen LogP contribution is -2.53. The standard InChI is InChI=1S/C18H26N2S/c1-18(2,20-11-5-4-6-12-20)17(19-3)15-9-7-8-14-10-13-21-16(14)15/h7-10,13,17,19H,4-6,11-12H2,1-3H3. The van der Waals surface area contributed by atoms with Gasteiger partial charge in [-0.05, 0) is 69.2 Å². The Bertz CT molecular complexity index is 596. The molecule has 3 heteroatoms. The van der Waals surface area contributed by atoms with E-state index >= 15 is 0 Å². The van der Waals surface area contributed by atoms with E-state index in [9.17, 15) is 0 Å². The molecular weight excluding hydrogens is 276 g/mol. The SMILES string of the molecule is CNC(c1cccc2ccsc12)C(C)(C)N1CCCCC1. The zero-order valence-corrected chi connectivity index (χ0v) is 14.2. The van der Waals surface area contributed by atoms with E-state index in [4.69, 9.17) is 0 Å². The molecule has 0 aliphatic carbocycles. The van der Waals surface area contributed by atoms with Crippen LogP contribution in [-0.4, -0.2) is 30.6 Å². The first kappa shape index (κ1) is 15.0. The maximum Gasteiger partial charge on any atom is 0.0513 e. The molecule has 1 saturated heterocycles. The molecule has 1 aromatic carbocycles. The molecule has 1 aliphatic rings. The van der Waals surface area contributed by atoms with Gasteiger partial charge in [-0.3, -0.25) is 4.90 Å². The molecule has 0 spiro atoms. The summed E-state index contributed by atoms with van der Waals surface area (Å²) in [6.45, 7) is 7.25. The lowest BCUT2D eigenvalue weighted by atomic mass is 9.85. The second-order valence-electron chi connectivity index (χ2n) is 6.61. The number of rotatable bonds is 4. The Labute approximate surface area is 132 Å². The Hall–Kier alpha value is -0.900. The number of hydrogen-bond donors (Lipinski definition) is 1. The fourth-order valence-electron chi connectivity index (χ4n) is 3.79. The highest BCUT2D eigenvalue weighted by Gasteiger charge is 2.36. The summed E-state index contributed by atoms with van der Waals surface area (Å²) >= 11 is 1.86. The minimum absolute atomic E-state index is 0.132. The third-order valence-electron chi connectivity index (χ3n) is 4.99. The van der Waals surface area contributed by atoms with Crippen LogP contribution in [0.5, 0.6) is 0 Å². The van der Waals surface area contributed by atoms with Crippen molar-refractivity contribution in [2.24, 2.45) is 0 Å². The van der Waals surface area contributed by atoms with E-state index in [2.05, 4.69) is 60.8 Å². The van der Waals surface area contributed by atoms with Crippen LogP contribution in [0.25, 0.3) is 10.1 Å². The zero-order valence-electron chi connectivity index (χ0n) is 13.4. The monoisotopic (exact) mass is 302 g/mol. The molecule has 0 amide bonds. The number of thiophene rings is 1. The van der Waals surface area contributed by atoms with Crippen molar-refractivity contribution in [2.45, 2.75) is 44.7 Å². The Morgan fingerprint density at radius 2 is 1.90 bits per heavy atom. The van der Waals surface area contributed by atoms with Gasteiger partial charge in [0.2, 0.25) is 0 Å². The van der Waals surface area contributed by atoms with Gasteiger partial charge in [0.05, 0.1) is 6.04 Å². The van der Waals surface area contributed by atoms with Gasteiger partial charge < -0.3 is 5.32 Å². The van der Waals surface area contributed by atoms with Crippen molar-refractivity contribution in [3.05, 3.63) is 35.2 Å². The summed E-state index contributed by atoms with van der Waals surface area (Å²) in [5, 5.41) is 7.17. The number of fused-ring (bicyclic) bond motifs is 1. The van der Waals surface area contributed by atoms with Crippen LogP contribution in [0, 0.1) is 0 Å². The summed E-state index contributed by atoms with van der Waals surface area (Å²) < 4.78 is 1.43. The van der Waals surface area contributed by atoms with E-state index in [1.54, 1.807) is 0 Å². The van der Waals surface area contributed by atoms with Crippen LogP contribution in [0.2, 0.25) is 0 Å². The number of piperidine rings is 1. The fraction of sp³-hybridized carbons (Fsp3) is 0.556. The Balaban J connectivity index is 1.98. The van der Waals surface area contributed by atoms with Crippen molar-refractivity contribution < 1.29 is 0 Å². The molecule has 0 saturated carbocycles. The highest BCUT2D eigenvalue weighted by molar-refractivity contribution is 7.17. The molecule has 1 aliphatic heterocycles. The summed E-state index contributed by atoms with van der Waals surface area (Å²) in [5.74, 6) is 0. The number of nitrogens with zero attached hydrogens (tertiary/aromatic N) is 1. The highest BCUT2D eigenvalue weighted by Crippen LogP contribution is 2.37. The molecular formula is C18H26N2S. The normalized spacial score (nSPS) is 19.0. The van der Waals surface area contributed by atoms with Crippen LogP contribution in [0.1, 0.15) is 44.7 Å². The predicted molar refractivity (Wildman–Crippen MR) is 93.1 cm³/mol. The van der Waals surface area contributed by atoms with Crippen LogP contribution in [0.3, 0.4) is 0 Å². The first-order valence-electron chi connectivity index (χ1n) is 8.03. The Kier molecular flexibility index (Phi) is 4.34. The van der Waals surface area contributed by atoms with Gasteiger partial charge in [-0.1, -0.05) is 24.6 Å². The Morgan fingerprint density at radius 3 is 2.62 bits per heavy atom. The molecule has 114 valence electrons. The van der Waals surface area contributed by atoms with E-state index in [0.717, 1.165) is 0 Å². The number of benzene rings is 1. The molecule has 1 atom stereocenters. The largest absolute Gasteiger partial charge is 0.311 e. The summed E-state index contributed by atoms with van der Waals surface area (Å²) in [4.78, 5) is 2.67. The second kappa shape index (κ2) is 6.07. The van der Waals surface area contributed by atoms with Crippen molar-refractivity contribution in [3.8, 4) is 0 Å². The van der Waals surface area contributed by atoms with Gasteiger partial charge >= 0.3 is 0 Å². The van der Waals surface area contributed by atoms with E-state index in [-0.39, 0.29) is 5.54 Å². The van der Waals surface area contributed by atoms with Gasteiger partial charge in [-0.25, -0.2) is 0 Å². The molecule has 2 nitrogen and oxygen atoms in total. The van der Waals surface area contributed by atoms with Crippen molar-refractivity contribution in [2.75, 3.05) is 20.1 Å². The minimum atomic E-state index is 0.132. The predicted octanol–water partition coefficient (Wildman–Crippen LogP) is 4.43. The number of likely N-dealkylation sites (N-methyl/N-ethyl adjacent to an activating group) is 1. The molecule has 1 unspecified atom stereocenters. The van der Waals surface area contributed by atoms with Gasteiger partial charge in [-0.2, -0.15) is 0 Å². The molecule has 3 rings (SSSR count). The first-order valence-corrected chi connectivity index (χ1v) is 8.91. The van der Waals surface area contributed by atoms with E-state index < -0.39 is 0 Å². The summed E-state index contributed by atoms with van der Waals surface area (Å²) in [7, 11) is 2.10. The molecule has 0 radical (unpaired) electrons. The van der Waals surface area contributed by atoms with Crippen LogP contribution < -0.4 is 5.32 Å². The van der Waals surface area contributed by atoms with Crippen molar-refractivity contribution in [1.82, 2.24) is 10.2 Å². The minimum Gasteiger partial charge on any atom is -0.311 e. The van der Waals surface area contributed by atoms with Crippen LogP contribution >= 0.6 is 11.3 Å². The van der Waals surface area contributed by atoms with Crippen LogP contribution in [-0.2, 0) is 0 Å². The maximum absolute atomic E-state index is 3.60. The van der Waals surface area contributed by atoms with Crippen molar-refractivity contribution >= 4 is 21.4 Å². The summed E-state index contributed by atoms with van der Waals surface area (Å²) in [5.41, 5.74) is 1.58. The molecule has 2 aromatic rings. The average Bonchev–Trinajstić information content (AvgIpc) is 2.98. The summed E-state index contributed by atoms with van der Waals surface area (Å²) in [6, 6.07) is 9.30. The van der Waals surface area contributed by atoms with Crippen molar-refractivity contribution in [3.63, 3.8) is 0 Å². The van der Waals surface area contributed by atoms with Crippen molar-refractivity contribution in [1.29, 1.82) is 0 Å². The van der Waals surface area contributed by atoms with Gasteiger partial charge in [0.15, 0.2) is 0 Å². The van der Waals surface area contributed by atoms with Crippen LogP contribution in [0.15, 0.2) is 29.6 Å².